The molecule has 0 fully saturated rings. The fraction of sp³-hybridized carbons (Fsp3) is 0.600. The Kier molecular flexibility index (Phi) is 3.43. The molecule has 1 aliphatic rings. The number of hydrogen-bond donors (Lipinski definition) is 1. The molecule has 0 amide bonds. The van der Waals surface area contributed by atoms with Gasteiger partial charge in [-0.15, -0.1) is 11.8 Å². The van der Waals surface area contributed by atoms with Gasteiger partial charge in [-0.05, 0) is 0 Å². The lowest BCUT2D eigenvalue weighted by molar-refractivity contribution is 0.310. The summed E-state index contributed by atoms with van der Waals surface area (Å²) < 4.78 is 5.52. The number of fused-ring (bicyclic) bond motifs is 1. The maximum atomic E-state index is 5.52. The molecule has 4 nitrogen and oxygen atoms in total. The summed E-state index contributed by atoms with van der Waals surface area (Å²) in [7, 11) is 0. The highest BCUT2D eigenvalue weighted by atomic mass is 32.2. The van der Waals surface area contributed by atoms with Crippen LogP contribution in [-0.4, -0.2) is 28.4 Å². The second kappa shape index (κ2) is 4.81. The molecule has 0 unspecified atom stereocenters. The molecular formula is C10H15N3OS. The molecule has 15 heavy (non-hydrogen) atoms. The number of aromatic nitrogens is 2. The largest absolute Gasteiger partial charge is 0.475 e. The lowest BCUT2D eigenvalue weighted by atomic mass is 10.4. The molecule has 1 aromatic rings. The van der Waals surface area contributed by atoms with Crippen LogP contribution >= 0.6 is 11.8 Å². The van der Waals surface area contributed by atoms with E-state index < -0.39 is 0 Å². The minimum atomic E-state index is 0.515. The summed E-state index contributed by atoms with van der Waals surface area (Å²) in [6.07, 6.45) is 1.82. The Morgan fingerprint density at radius 3 is 3.20 bits per heavy atom. The van der Waals surface area contributed by atoms with E-state index in [4.69, 9.17) is 4.74 Å². The number of nitrogens with zero attached hydrogens (tertiary/aromatic N) is 2. The smallest absolute Gasteiger partial charge is 0.238 e. The molecule has 0 radical (unpaired) electrons. The second-order valence-corrected chi connectivity index (χ2v) is 5.25. The van der Waals surface area contributed by atoms with Crippen molar-refractivity contribution in [2.24, 2.45) is 0 Å². The Labute approximate surface area is 93.8 Å². The summed E-state index contributed by atoms with van der Waals surface area (Å²) in [5.74, 6) is 0.686. The standard InChI is InChI=1S/C10H15N3OS/c1-7(2)15-9-6-12-8-5-11-3-4-14-10(8)13-9/h6-7,11H,3-5H2,1-2H3. The lowest BCUT2D eigenvalue weighted by Gasteiger charge is -2.07. The number of thioether (sulfide) groups is 1. The Morgan fingerprint density at radius 2 is 2.40 bits per heavy atom. The molecule has 1 aliphatic heterocycles. The molecule has 0 saturated carbocycles. The van der Waals surface area contributed by atoms with Gasteiger partial charge in [0.05, 0.1) is 6.20 Å². The molecule has 1 aromatic heterocycles. The van der Waals surface area contributed by atoms with Gasteiger partial charge in [-0.2, -0.15) is 0 Å². The first-order chi connectivity index (χ1) is 7.25. The Hall–Kier alpha value is -0.810. The molecule has 0 spiro atoms. The van der Waals surface area contributed by atoms with Crippen molar-refractivity contribution >= 4 is 11.8 Å². The van der Waals surface area contributed by atoms with Crippen LogP contribution in [0.15, 0.2) is 11.2 Å². The highest BCUT2D eigenvalue weighted by Crippen LogP contribution is 2.24. The lowest BCUT2D eigenvalue weighted by Crippen LogP contribution is -2.16. The first-order valence-electron chi connectivity index (χ1n) is 5.12. The summed E-state index contributed by atoms with van der Waals surface area (Å²) in [5.41, 5.74) is 0.903. The number of hydrogen-bond acceptors (Lipinski definition) is 5. The van der Waals surface area contributed by atoms with Crippen LogP contribution in [0.5, 0.6) is 5.88 Å². The highest BCUT2D eigenvalue weighted by Gasteiger charge is 2.12. The number of rotatable bonds is 2. The van der Waals surface area contributed by atoms with Crippen molar-refractivity contribution in [3.8, 4) is 5.88 Å². The third kappa shape index (κ3) is 2.82. The van der Waals surface area contributed by atoms with Crippen LogP contribution in [0, 0.1) is 0 Å². The summed E-state index contributed by atoms with van der Waals surface area (Å²) in [4.78, 5) is 8.81. The number of ether oxygens (including phenoxy) is 1. The van der Waals surface area contributed by atoms with Gasteiger partial charge in [-0.3, -0.25) is 4.98 Å². The predicted molar refractivity (Wildman–Crippen MR) is 60.2 cm³/mol. The Morgan fingerprint density at radius 1 is 1.53 bits per heavy atom. The fourth-order valence-electron chi connectivity index (χ4n) is 1.34. The third-order valence-electron chi connectivity index (χ3n) is 1.96. The fourth-order valence-corrected chi connectivity index (χ4v) is 2.08. The summed E-state index contributed by atoms with van der Waals surface area (Å²) >= 11 is 1.70. The first kappa shape index (κ1) is 10.7. The SMILES string of the molecule is CC(C)Sc1cnc2c(n1)OCCNC2. The molecule has 82 valence electrons. The van der Waals surface area contributed by atoms with E-state index in [1.54, 1.807) is 11.8 Å². The van der Waals surface area contributed by atoms with Gasteiger partial charge in [0.2, 0.25) is 5.88 Å². The van der Waals surface area contributed by atoms with Crippen molar-refractivity contribution < 1.29 is 4.74 Å². The number of nitrogens with one attached hydrogen (secondary N) is 1. The summed E-state index contributed by atoms with van der Waals surface area (Å²) in [5, 5.41) is 4.68. The van der Waals surface area contributed by atoms with Crippen LogP contribution in [0.1, 0.15) is 19.5 Å². The Balaban J connectivity index is 2.20. The van der Waals surface area contributed by atoms with E-state index in [-0.39, 0.29) is 0 Å². The van der Waals surface area contributed by atoms with Crippen molar-refractivity contribution in [2.45, 2.75) is 30.7 Å². The molecular weight excluding hydrogens is 210 g/mol. The molecule has 0 aliphatic carbocycles. The van der Waals surface area contributed by atoms with Crippen LogP contribution in [-0.2, 0) is 6.54 Å². The maximum Gasteiger partial charge on any atom is 0.238 e. The minimum Gasteiger partial charge on any atom is -0.475 e. The van der Waals surface area contributed by atoms with E-state index in [0.29, 0.717) is 17.7 Å². The van der Waals surface area contributed by atoms with Crippen molar-refractivity contribution in [1.29, 1.82) is 0 Å². The molecule has 0 aromatic carbocycles. The van der Waals surface area contributed by atoms with Crippen LogP contribution in [0.2, 0.25) is 0 Å². The molecule has 0 saturated heterocycles. The van der Waals surface area contributed by atoms with Crippen molar-refractivity contribution in [3.05, 3.63) is 11.9 Å². The molecule has 5 heteroatoms. The summed E-state index contributed by atoms with van der Waals surface area (Å²) in [6, 6.07) is 0. The highest BCUT2D eigenvalue weighted by molar-refractivity contribution is 7.99. The zero-order chi connectivity index (χ0) is 10.7. The van der Waals surface area contributed by atoms with Gasteiger partial charge in [-0.25, -0.2) is 4.98 Å². The quantitative estimate of drug-likeness (QED) is 0.772. The van der Waals surface area contributed by atoms with Gasteiger partial charge in [0.25, 0.3) is 0 Å². The van der Waals surface area contributed by atoms with Gasteiger partial charge in [0.1, 0.15) is 17.3 Å². The molecule has 2 rings (SSSR count). The second-order valence-electron chi connectivity index (χ2n) is 3.65. The van der Waals surface area contributed by atoms with Crippen molar-refractivity contribution in [1.82, 2.24) is 15.3 Å². The molecule has 2 heterocycles. The molecule has 0 bridgehead atoms. The van der Waals surface area contributed by atoms with Gasteiger partial charge >= 0.3 is 0 Å². The van der Waals surface area contributed by atoms with E-state index in [9.17, 15) is 0 Å². The topological polar surface area (TPSA) is 47.0 Å². The van der Waals surface area contributed by atoms with Crippen LogP contribution < -0.4 is 10.1 Å². The van der Waals surface area contributed by atoms with Crippen molar-refractivity contribution in [2.75, 3.05) is 13.2 Å². The minimum absolute atomic E-state index is 0.515. The van der Waals surface area contributed by atoms with Crippen LogP contribution in [0.4, 0.5) is 0 Å². The van der Waals surface area contributed by atoms with Gasteiger partial charge in [0, 0.05) is 18.3 Å². The van der Waals surface area contributed by atoms with E-state index >= 15 is 0 Å². The molecule has 0 atom stereocenters. The van der Waals surface area contributed by atoms with Crippen molar-refractivity contribution in [3.63, 3.8) is 0 Å². The zero-order valence-electron chi connectivity index (χ0n) is 8.99. The average Bonchev–Trinajstić information content (AvgIpc) is 2.41. The predicted octanol–water partition coefficient (Wildman–Crippen LogP) is 1.46. The first-order valence-corrected chi connectivity index (χ1v) is 6.00. The molecule has 1 N–H and O–H groups in total. The van der Waals surface area contributed by atoms with E-state index in [1.807, 2.05) is 6.20 Å². The van der Waals surface area contributed by atoms with E-state index in [2.05, 4.69) is 29.1 Å². The van der Waals surface area contributed by atoms with Crippen LogP contribution in [0.25, 0.3) is 0 Å². The van der Waals surface area contributed by atoms with Gasteiger partial charge < -0.3 is 10.1 Å². The maximum absolute atomic E-state index is 5.52. The average molecular weight is 225 g/mol. The zero-order valence-corrected chi connectivity index (χ0v) is 9.80. The normalized spacial score (nSPS) is 15.7. The van der Waals surface area contributed by atoms with E-state index in [1.165, 1.54) is 0 Å². The Bertz CT molecular complexity index is 343. The summed E-state index contributed by atoms with van der Waals surface area (Å²) in [6.45, 7) is 6.54. The van der Waals surface area contributed by atoms with Gasteiger partial charge in [-0.1, -0.05) is 13.8 Å². The van der Waals surface area contributed by atoms with Gasteiger partial charge in [0.15, 0.2) is 0 Å². The van der Waals surface area contributed by atoms with E-state index in [0.717, 1.165) is 23.8 Å². The monoisotopic (exact) mass is 225 g/mol. The van der Waals surface area contributed by atoms with Crippen LogP contribution in [0.3, 0.4) is 0 Å². The third-order valence-corrected chi connectivity index (χ3v) is 2.87.